The van der Waals surface area contributed by atoms with Crippen LogP contribution in [0, 0.1) is 5.41 Å². The second-order valence-electron chi connectivity index (χ2n) is 6.65. The maximum absolute atomic E-state index is 3.57. The topological polar surface area (TPSA) is 18.5 Å². The monoisotopic (exact) mass is 253 g/mol. The molecule has 106 valence electrons. The van der Waals surface area contributed by atoms with Gasteiger partial charge in [0.05, 0.1) is 0 Å². The average molecular weight is 253 g/mol. The van der Waals surface area contributed by atoms with Crippen LogP contribution in [0.15, 0.2) is 0 Å². The highest BCUT2D eigenvalue weighted by Crippen LogP contribution is 2.32. The molecule has 2 heterocycles. The lowest BCUT2D eigenvalue weighted by molar-refractivity contribution is 0.146. The fraction of sp³-hybridized carbons (Fsp3) is 1.00. The number of likely N-dealkylation sites (N-methyl/N-ethyl adjacent to an activating group) is 2. The summed E-state index contributed by atoms with van der Waals surface area (Å²) in [5.41, 5.74) is 0.556. The van der Waals surface area contributed by atoms with Crippen LogP contribution in [0.1, 0.15) is 39.0 Å². The third-order valence-electron chi connectivity index (χ3n) is 4.91. The Morgan fingerprint density at radius 3 is 2.83 bits per heavy atom. The number of hydrogen-bond donors (Lipinski definition) is 1. The van der Waals surface area contributed by atoms with Crippen molar-refractivity contribution in [3.63, 3.8) is 0 Å². The van der Waals surface area contributed by atoms with Gasteiger partial charge in [0.1, 0.15) is 0 Å². The molecule has 0 spiro atoms. The fourth-order valence-electron chi connectivity index (χ4n) is 3.96. The summed E-state index contributed by atoms with van der Waals surface area (Å²) in [7, 11) is 4.60. The maximum Gasteiger partial charge on any atom is 0.0220 e. The minimum Gasteiger partial charge on any atom is -0.316 e. The lowest BCUT2D eigenvalue weighted by Crippen LogP contribution is -2.43. The highest BCUT2D eigenvalue weighted by atomic mass is 15.2. The van der Waals surface area contributed by atoms with E-state index in [0.717, 1.165) is 6.04 Å². The molecule has 2 aliphatic heterocycles. The summed E-state index contributed by atoms with van der Waals surface area (Å²) in [5.74, 6) is 0. The molecule has 2 saturated heterocycles. The molecule has 18 heavy (non-hydrogen) atoms. The number of hydrogen-bond acceptors (Lipinski definition) is 3. The van der Waals surface area contributed by atoms with Crippen molar-refractivity contribution in [1.29, 1.82) is 0 Å². The SMILES string of the molecule is CCCC1(CN(C)CC2CCCN2C)CCNC1. The molecule has 1 N–H and O–H groups in total. The van der Waals surface area contributed by atoms with Gasteiger partial charge >= 0.3 is 0 Å². The van der Waals surface area contributed by atoms with Gasteiger partial charge in [-0.2, -0.15) is 0 Å². The van der Waals surface area contributed by atoms with Gasteiger partial charge in [-0.15, -0.1) is 0 Å². The van der Waals surface area contributed by atoms with Crippen LogP contribution in [0.2, 0.25) is 0 Å². The van der Waals surface area contributed by atoms with Gasteiger partial charge in [-0.3, -0.25) is 0 Å². The van der Waals surface area contributed by atoms with E-state index in [2.05, 4.69) is 36.1 Å². The van der Waals surface area contributed by atoms with Gasteiger partial charge in [0.25, 0.3) is 0 Å². The van der Waals surface area contributed by atoms with E-state index in [4.69, 9.17) is 0 Å². The normalized spacial score (nSPS) is 33.7. The Hall–Kier alpha value is -0.120. The van der Waals surface area contributed by atoms with Crippen molar-refractivity contribution < 1.29 is 0 Å². The Balaban J connectivity index is 1.83. The lowest BCUT2D eigenvalue weighted by atomic mass is 9.82. The van der Waals surface area contributed by atoms with Crippen LogP contribution in [0.3, 0.4) is 0 Å². The highest BCUT2D eigenvalue weighted by Gasteiger charge is 2.34. The van der Waals surface area contributed by atoms with Crippen molar-refractivity contribution in [2.24, 2.45) is 5.41 Å². The molecular formula is C15H31N3. The van der Waals surface area contributed by atoms with Gasteiger partial charge in [0.2, 0.25) is 0 Å². The van der Waals surface area contributed by atoms with E-state index in [0.29, 0.717) is 5.41 Å². The van der Waals surface area contributed by atoms with E-state index in [1.165, 1.54) is 64.8 Å². The summed E-state index contributed by atoms with van der Waals surface area (Å²) in [6.45, 7) is 8.59. The van der Waals surface area contributed by atoms with Crippen molar-refractivity contribution in [3.05, 3.63) is 0 Å². The average Bonchev–Trinajstić information content (AvgIpc) is 2.90. The predicted molar refractivity (Wildman–Crippen MR) is 78.0 cm³/mol. The van der Waals surface area contributed by atoms with Gasteiger partial charge in [-0.25, -0.2) is 0 Å². The molecule has 2 fully saturated rings. The first kappa shape index (κ1) is 14.3. The molecule has 2 unspecified atom stereocenters. The zero-order valence-corrected chi connectivity index (χ0v) is 12.5. The molecule has 0 aromatic carbocycles. The van der Waals surface area contributed by atoms with Gasteiger partial charge < -0.3 is 15.1 Å². The second kappa shape index (κ2) is 6.36. The number of rotatable bonds is 6. The first-order valence-electron chi connectivity index (χ1n) is 7.75. The predicted octanol–water partition coefficient (Wildman–Crippen LogP) is 1.79. The minimum atomic E-state index is 0.556. The third-order valence-corrected chi connectivity index (χ3v) is 4.91. The zero-order chi connectivity index (χ0) is 13.0. The largest absolute Gasteiger partial charge is 0.316 e. The Labute approximate surface area is 113 Å². The van der Waals surface area contributed by atoms with Crippen LogP contribution in [0.25, 0.3) is 0 Å². The van der Waals surface area contributed by atoms with E-state index in [-0.39, 0.29) is 0 Å². The van der Waals surface area contributed by atoms with Crippen molar-refractivity contribution in [3.8, 4) is 0 Å². The summed E-state index contributed by atoms with van der Waals surface area (Å²) in [5, 5.41) is 3.57. The first-order chi connectivity index (χ1) is 8.65. The van der Waals surface area contributed by atoms with E-state index >= 15 is 0 Å². The molecule has 0 bridgehead atoms. The summed E-state index contributed by atoms with van der Waals surface area (Å²) < 4.78 is 0. The van der Waals surface area contributed by atoms with Gasteiger partial charge in [0, 0.05) is 25.7 Å². The fourth-order valence-corrected chi connectivity index (χ4v) is 3.96. The summed E-state index contributed by atoms with van der Waals surface area (Å²) in [4.78, 5) is 5.13. The molecule has 2 atom stereocenters. The van der Waals surface area contributed by atoms with Crippen molar-refractivity contribution in [2.45, 2.75) is 45.1 Å². The van der Waals surface area contributed by atoms with Crippen molar-refractivity contribution in [1.82, 2.24) is 15.1 Å². The van der Waals surface area contributed by atoms with Crippen LogP contribution < -0.4 is 5.32 Å². The molecule has 0 aliphatic carbocycles. The molecule has 0 radical (unpaired) electrons. The summed E-state index contributed by atoms with van der Waals surface area (Å²) in [6.07, 6.45) is 6.84. The molecule has 2 rings (SSSR count). The summed E-state index contributed by atoms with van der Waals surface area (Å²) in [6, 6.07) is 0.794. The maximum atomic E-state index is 3.57. The smallest absolute Gasteiger partial charge is 0.0220 e. The van der Waals surface area contributed by atoms with Crippen LogP contribution in [0.4, 0.5) is 0 Å². The van der Waals surface area contributed by atoms with Gasteiger partial charge in [-0.1, -0.05) is 13.3 Å². The molecule has 3 heteroatoms. The van der Waals surface area contributed by atoms with Gasteiger partial charge in [-0.05, 0) is 58.3 Å². The van der Waals surface area contributed by atoms with E-state index < -0.39 is 0 Å². The summed E-state index contributed by atoms with van der Waals surface area (Å²) >= 11 is 0. The molecule has 0 aromatic rings. The molecule has 0 saturated carbocycles. The first-order valence-corrected chi connectivity index (χ1v) is 7.75. The Morgan fingerprint density at radius 1 is 1.44 bits per heavy atom. The zero-order valence-electron chi connectivity index (χ0n) is 12.5. The highest BCUT2D eigenvalue weighted by molar-refractivity contribution is 4.90. The Kier molecular flexibility index (Phi) is 5.05. The van der Waals surface area contributed by atoms with E-state index in [1.807, 2.05) is 0 Å². The standard InChI is InChI=1S/C15H31N3/c1-4-7-15(8-9-16-12-15)13-17(2)11-14-6-5-10-18(14)3/h14,16H,4-13H2,1-3H3. The van der Waals surface area contributed by atoms with Crippen LogP contribution in [-0.4, -0.2) is 62.7 Å². The second-order valence-corrected chi connectivity index (χ2v) is 6.65. The molecular weight excluding hydrogens is 222 g/mol. The van der Waals surface area contributed by atoms with Gasteiger partial charge in [0.15, 0.2) is 0 Å². The van der Waals surface area contributed by atoms with Crippen LogP contribution in [0.5, 0.6) is 0 Å². The molecule has 0 amide bonds. The Bertz CT molecular complexity index is 248. The Morgan fingerprint density at radius 2 is 2.28 bits per heavy atom. The number of nitrogens with zero attached hydrogens (tertiary/aromatic N) is 2. The molecule has 0 aromatic heterocycles. The molecule has 2 aliphatic rings. The van der Waals surface area contributed by atoms with Crippen molar-refractivity contribution >= 4 is 0 Å². The number of nitrogens with one attached hydrogen (secondary N) is 1. The quantitative estimate of drug-likeness (QED) is 0.778. The van der Waals surface area contributed by atoms with Crippen LogP contribution in [-0.2, 0) is 0 Å². The third kappa shape index (κ3) is 3.46. The van der Waals surface area contributed by atoms with Crippen molar-refractivity contribution in [2.75, 3.05) is 46.8 Å². The number of likely N-dealkylation sites (tertiary alicyclic amines) is 1. The van der Waals surface area contributed by atoms with E-state index in [1.54, 1.807) is 0 Å². The van der Waals surface area contributed by atoms with Crippen LogP contribution >= 0.6 is 0 Å². The van der Waals surface area contributed by atoms with E-state index in [9.17, 15) is 0 Å². The molecule has 3 nitrogen and oxygen atoms in total. The lowest BCUT2D eigenvalue weighted by Gasteiger charge is -2.35. The minimum absolute atomic E-state index is 0.556.